The lowest BCUT2D eigenvalue weighted by Gasteiger charge is -2.10. The lowest BCUT2D eigenvalue weighted by molar-refractivity contribution is -0.116. The van der Waals surface area contributed by atoms with E-state index in [0.29, 0.717) is 12.1 Å². The van der Waals surface area contributed by atoms with Crippen LogP contribution in [0.2, 0.25) is 0 Å². The van der Waals surface area contributed by atoms with Crippen molar-refractivity contribution in [3.63, 3.8) is 0 Å². The number of nitrogens with one attached hydrogen (secondary N) is 2. The number of hydrogen-bond acceptors (Lipinski definition) is 4. The summed E-state index contributed by atoms with van der Waals surface area (Å²) in [5.74, 6) is -0.0346. The number of allylic oxidation sites excluding steroid dienone is 1. The molecule has 1 rings (SSSR count). The zero-order chi connectivity index (χ0) is 15.0. The third-order valence-electron chi connectivity index (χ3n) is 2.61. The Morgan fingerprint density at radius 3 is 2.65 bits per heavy atom. The van der Waals surface area contributed by atoms with E-state index in [1.807, 2.05) is 26.0 Å². The van der Waals surface area contributed by atoms with Crippen molar-refractivity contribution in [1.82, 2.24) is 0 Å². The highest BCUT2D eigenvalue weighted by Crippen LogP contribution is 2.20. The average Bonchev–Trinajstić information content (AvgIpc) is 2.43. The number of nitrogens with zero attached hydrogens (tertiary/aromatic N) is 2. The number of aryl methyl sites for hydroxylation is 1. The molecule has 5 nitrogen and oxygen atoms in total. The van der Waals surface area contributed by atoms with Gasteiger partial charge in [-0.1, -0.05) is 13.0 Å². The molecule has 0 aliphatic carbocycles. The third kappa shape index (κ3) is 4.47. The molecule has 1 aromatic carbocycles. The maximum Gasteiger partial charge on any atom is 0.224 e. The lowest BCUT2D eigenvalue weighted by Crippen LogP contribution is -2.10. The van der Waals surface area contributed by atoms with Gasteiger partial charge >= 0.3 is 0 Å². The van der Waals surface area contributed by atoms with Crippen LogP contribution in [0, 0.1) is 29.6 Å². The molecule has 0 radical (unpaired) electrons. The van der Waals surface area contributed by atoms with Crippen LogP contribution in [0.4, 0.5) is 11.4 Å². The molecular weight excluding hydrogens is 252 g/mol. The third-order valence-corrected chi connectivity index (χ3v) is 2.61. The first-order valence-corrected chi connectivity index (χ1v) is 6.28. The van der Waals surface area contributed by atoms with Gasteiger partial charge in [0, 0.05) is 24.0 Å². The van der Waals surface area contributed by atoms with Gasteiger partial charge in [0.15, 0.2) is 0 Å². The highest BCUT2D eigenvalue weighted by molar-refractivity contribution is 5.91. The number of carbonyl (C=O) groups excluding carboxylic acids is 1. The Morgan fingerprint density at radius 1 is 1.35 bits per heavy atom. The fraction of sp³-hybridized carbons (Fsp3) is 0.267. The first-order valence-electron chi connectivity index (χ1n) is 6.28. The summed E-state index contributed by atoms with van der Waals surface area (Å²) in [6, 6.07) is 8.99. The second-order valence-corrected chi connectivity index (χ2v) is 4.25. The van der Waals surface area contributed by atoms with Crippen LogP contribution in [-0.2, 0) is 4.79 Å². The van der Waals surface area contributed by atoms with Crippen LogP contribution in [0.1, 0.15) is 25.3 Å². The summed E-state index contributed by atoms with van der Waals surface area (Å²) in [6.45, 7) is 3.84. The Balaban J connectivity index is 2.88. The van der Waals surface area contributed by atoms with Gasteiger partial charge in [0.1, 0.15) is 17.7 Å². The summed E-state index contributed by atoms with van der Waals surface area (Å²) in [6.07, 6.45) is 2.61. The summed E-state index contributed by atoms with van der Waals surface area (Å²) in [7, 11) is 0. The van der Waals surface area contributed by atoms with Crippen molar-refractivity contribution >= 4 is 17.3 Å². The number of carbonyl (C=O) groups is 1. The molecule has 0 spiro atoms. The summed E-state index contributed by atoms with van der Waals surface area (Å²) in [5.41, 5.74) is 2.36. The Bertz CT molecular complexity index is 589. The van der Waals surface area contributed by atoms with Gasteiger partial charge in [0.05, 0.1) is 0 Å². The molecule has 5 heteroatoms. The summed E-state index contributed by atoms with van der Waals surface area (Å²) < 4.78 is 0. The van der Waals surface area contributed by atoms with E-state index in [1.165, 1.54) is 6.20 Å². The Labute approximate surface area is 118 Å². The quantitative estimate of drug-likeness (QED) is 0.803. The predicted octanol–water partition coefficient (Wildman–Crippen LogP) is 3.08. The van der Waals surface area contributed by atoms with Crippen molar-refractivity contribution in [2.45, 2.75) is 26.7 Å². The van der Waals surface area contributed by atoms with Crippen molar-refractivity contribution in [2.24, 2.45) is 0 Å². The molecule has 102 valence electrons. The van der Waals surface area contributed by atoms with Crippen LogP contribution in [-0.4, -0.2) is 5.91 Å². The molecule has 1 aromatic rings. The van der Waals surface area contributed by atoms with Crippen LogP contribution in [0.25, 0.3) is 0 Å². The molecule has 0 saturated heterocycles. The molecule has 0 aliphatic rings. The summed E-state index contributed by atoms with van der Waals surface area (Å²) >= 11 is 0. The van der Waals surface area contributed by atoms with E-state index in [4.69, 9.17) is 10.5 Å². The highest BCUT2D eigenvalue weighted by atomic mass is 16.1. The van der Waals surface area contributed by atoms with Gasteiger partial charge in [-0.2, -0.15) is 10.5 Å². The minimum Gasteiger partial charge on any atom is -0.360 e. The SMILES string of the molecule is CCCC(=O)Nc1ccc(C)c(NC=C(C#N)C#N)c1. The van der Waals surface area contributed by atoms with Crippen LogP contribution in [0.3, 0.4) is 0 Å². The second kappa shape index (κ2) is 7.60. The van der Waals surface area contributed by atoms with Crippen LogP contribution in [0.5, 0.6) is 0 Å². The number of rotatable bonds is 5. The molecule has 1 amide bonds. The van der Waals surface area contributed by atoms with Crippen LogP contribution < -0.4 is 10.6 Å². The number of benzene rings is 1. The van der Waals surface area contributed by atoms with Gasteiger partial charge < -0.3 is 10.6 Å². The van der Waals surface area contributed by atoms with Gasteiger partial charge in [-0.3, -0.25) is 4.79 Å². The maximum absolute atomic E-state index is 11.5. The van der Waals surface area contributed by atoms with E-state index < -0.39 is 0 Å². The Morgan fingerprint density at radius 2 is 2.05 bits per heavy atom. The minimum absolute atomic E-state index is 0.00942. The van der Waals surface area contributed by atoms with E-state index in [2.05, 4.69) is 10.6 Å². The van der Waals surface area contributed by atoms with Gasteiger partial charge in [0.25, 0.3) is 0 Å². The Kier molecular flexibility index (Phi) is 5.80. The zero-order valence-corrected chi connectivity index (χ0v) is 11.5. The highest BCUT2D eigenvalue weighted by Gasteiger charge is 2.03. The predicted molar refractivity (Wildman–Crippen MR) is 77.6 cm³/mol. The molecule has 0 aromatic heterocycles. The molecule has 0 atom stereocenters. The van der Waals surface area contributed by atoms with Crippen LogP contribution >= 0.6 is 0 Å². The Hall–Kier alpha value is -2.79. The first kappa shape index (κ1) is 15.3. The van der Waals surface area contributed by atoms with Crippen molar-refractivity contribution in [3.8, 4) is 12.1 Å². The largest absolute Gasteiger partial charge is 0.360 e. The smallest absolute Gasteiger partial charge is 0.224 e. The molecule has 2 N–H and O–H groups in total. The molecule has 0 unspecified atom stereocenters. The van der Waals surface area contributed by atoms with E-state index >= 15 is 0 Å². The van der Waals surface area contributed by atoms with E-state index in [-0.39, 0.29) is 11.5 Å². The number of hydrogen-bond donors (Lipinski definition) is 2. The van der Waals surface area contributed by atoms with Gasteiger partial charge in [0.2, 0.25) is 5.91 Å². The monoisotopic (exact) mass is 268 g/mol. The van der Waals surface area contributed by atoms with E-state index in [0.717, 1.165) is 17.7 Å². The maximum atomic E-state index is 11.5. The fourth-order valence-corrected chi connectivity index (χ4v) is 1.55. The van der Waals surface area contributed by atoms with Gasteiger partial charge in [-0.25, -0.2) is 0 Å². The summed E-state index contributed by atoms with van der Waals surface area (Å²) in [5, 5.41) is 23.0. The first-order chi connectivity index (χ1) is 9.60. The van der Waals surface area contributed by atoms with Crippen molar-refractivity contribution in [2.75, 3.05) is 10.6 Å². The minimum atomic E-state index is -0.0346. The van der Waals surface area contributed by atoms with Crippen molar-refractivity contribution in [3.05, 3.63) is 35.5 Å². The topological polar surface area (TPSA) is 88.7 Å². The molecule has 0 aliphatic heterocycles. The van der Waals surface area contributed by atoms with E-state index in [9.17, 15) is 4.79 Å². The second-order valence-electron chi connectivity index (χ2n) is 4.25. The summed E-state index contributed by atoms with van der Waals surface area (Å²) in [4.78, 5) is 11.5. The molecule has 0 bridgehead atoms. The average molecular weight is 268 g/mol. The number of nitriles is 2. The number of anilines is 2. The molecular formula is C15H16N4O. The van der Waals surface area contributed by atoms with E-state index in [1.54, 1.807) is 18.2 Å². The lowest BCUT2D eigenvalue weighted by atomic mass is 10.1. The molecule has 0 heterocycles. The molecule has 0 saturated carbocycles. The normalized spacial score (nSPS) is 9.00. The molecule has 20 heavy (non-hydrogen) atoms. The van der Waals surface area contributed by atoms with Gasteiger partial charge in [-0.15, -0.1) is 0 Å². The molecule has 0 fully saturated rings. The van der Waals surface area contributed by atoms with Crippen molar-refractivity contribution in [1.29, 1.82) is 10.5 Å². The zero-order valence-electron chi connectivity index (χ0n) is 11.5. The standard InChI is InChI=1S/C15H16N4O/c1-3-4-15(20)19-13-6-5-11(2)14(7-13)18-10-12(8-16)9-17/h5-7,10,18H,3-4H2,1-2H3,(H,19,20). The fourth-order valence-electron chi connectivity index (χ4n) is 1.55. The van der Waals surface area contributed by atoms with Crippen LogP contribution in [0.15, 0.2) is 30.0 Å². The number of amides is 1. The van der Waals surface area contributed by atoms with Gasteiger partial charge in [-0.05, 0) is 31.0 Å². The van der Waals surface area contributed by atoms with Crippen molar-refractivity contribution < 1.29 is 4.79 Å².